The molecule has 0 aliphatic rings. The second-order valence-corrected chi connectivity index (χ2v) is 7.94. The fourth-order valence-corrected chi connectivity index (χ4v) is 3.11. The molecule has 0 spiro atoms. The summed E-state index contributed by atoms with van der Waals surface area (Å²) in [6.07, 6.45) is -1.19. The van der Waals surface area contributed by atoms with Crippen molar-refractivity contribution < 1.29 is 16.0 Å². The van der Waals surface area contributed by atoms with Crippen LogP contribution in [0.25, 0.3) is 0 Å². The van der Waals surface area contributed by atoms with E-state index in [0.29, 0.717) is 17.0 Å². The van der Waals surface area contributed by atoms with Crippen LogP contribution in [0.15, 0.2) is 42.5 Å². The third-order valence-electron chi connectivity index (χ3n) is 4.78. The van der Waals surface area contributed by atoms with Gasteiger partial charge >= 0.3 is 5.97 Å². The Kier molecular flexibility index (Phi) is 6.68. The third-order valence-corrected chi connectivity index (χ3v) is 4.78. The van der Waals surface area contributed by atoms with Crippen LogP contribution < -0.4 is 0 Å². The molecule has 0 amide bonds. The van der Waals surface area contributed by atoms with Crippen LogP contribution in [0.3, 0.4) is 0 Å². The highest BCUT2D eigenvalue weighted by molar-refractivity contribution is 5.93. The predicted molar refractivity (Wildman–Crippen MR) is 110 cm³/mol. The van der Waals surface area contributed by atoms with E-state index in [1.807, 2.05) is 6.07 Å². The molecule has 2 aromatic rings. The molecule has 2 aromatic carbocycles. The zero-order valence-electron chi connectivity index (χ0n) is 18.2. The molecule has 0 radical (unpaired) electrons. The maximum absolute atomic E-state index is 13.1. The lowest BCUT2D eigenvalue weighted by molar-refractivity contribution is 0.0251. The van der Waals surface area contributed by atoms with E-state index < -0.39 is 18.7 Å². The number of hydrogen-bond donors (Lipinski definition) is 1. The summed E-state index contributed by atoms with van der Waals surface area (Å²) >= 11 is 0. The SMILES string of the molecule is [2H][C@@H](OC(=O)c1c(C(C)C)cc(C(C)C)cc1C(C)C)C(O)c1ccccc1. The van der Waals surface area contributed by atoms with E-state index in [1.54, 1.807) is 24.3 Å². The van der Waals surface area contributed by atoms with Gasteiger partial charge in [0.2, 0.25) is 0 Å². The Labute approximate surface area is 164 Å². The Morgan fingerprint density at radius 1 is 0.926 bits per heavy atom. The number of aliphatic hydroxyl groups is 1. The van der Waals surface area contributed by atoms with Crippen LogP contribution >= 0.6 is 0 Å². The van der Waals surface area contributed by atoms with Crippen molar-refractivity contribution >= 4 is 5.97 Å². The monoisotopic (exact) mass is 369 g/mol. The molecular formula is C24H32O3. The molecule has 1 N–H and O–H groups in total. The van der Waals surface area contributed by atoms with Crippen molar-refractivity contribution in [2.24, 2.45) is 0 Å². The maximum atomic E-state index is 13.1. The van der Waals surface area contributed by atoms with Gasteiger partial charge < -0.3 is 9.84 Å². The third kappa shape index (κ3) is 5.20. The zero-order chi connectivity index (χ0) is 21.0. The highest BCUT2D eigenvalue weighted by Crippen LogP contribution is 2.32. The van der Waals surface area contributed by atoms with E-state index in [1.165, 1.54) is 5.56 Å². The first-order chi connectivity index (χ1) is 13.1. The number of rotatable bonds is 7. The van der Waals surface area contributed by atoms with Gasteiger partial charge in [0.1, 0.15) is 12.7 Å². The van der Waals surface area contributed by atoms with Gasteiger partial charge in [0.15, 0.2) is 0 Å². The number of ether oxygens (including phenoxy) is 1. The fourth-order valence-electron chi connectivity index (χ4n) is 3.11. The Morgan fingerprint density at radius 3 is 1.89 bits per heavy atom. The van der Waals surface area contributed by atoms with E-state index in [2.05, 4.69) is 53.7 Å². The van der Waals surface area contributed by atoms with Crippen molar-refractivity contribution in [1.29, 1.82) is 0 Å². The number of benzene rings is 2. The molecule has 0 fully saturated rings. The zero-order valence-corrected chi connectivity index (χ0v) is 17.2. The maximum Gasteiger partial charge on any atom is 0.338 e. The first-order valence-corrected chi connectivity index (χ1v) is 9.67. The molecule has 2 atom stereocenters. The average molecular weight is 370 g/mol. The van der Waals surface area contributed by atoms with Gasteiger partial charge in [-0.3, -0.25) is 0 Å². The summed E-state index contributed by atoms with van der Waals surface area (Å²) < 4.78 is 13.6. The summed E-state index contributed by atoms with van der Waals surface area (Å²) in [6.45, 7) is 11.1. The molecule has 0 heterocycles. The largest absolute Gasteiger partial charge is 0.459 e. The summed E-state index contributed by atoms with van der Waals surface area (Å²) in [5, 5.41) is 10.4. The quantitative estimate of drug-likeness (QED) is 0.614. The summed E-state index contributed by atoms with van der Waals surface area (Å²) in [5.74, 6) is 0.0885. The lowest BCUT2D eigenvalue weighted by Crippen LogP contribution is -2.18. The number of esters is 1. The highest BCUT2D eigenvalue weighted by atomic mass is 16.5. The molecule has 2 rings (SSSR count). The van der Waals surface area contributed by atoms with Crippen LogP contribution in [0.4, 0.5) is 0 Å². The Hall–Kier alpha value is -2.13. The molecule has 0 saturated heterocycles. The summed E-state index contributed by atoms with van der Waals surface area (Å²) in [7, 11) is 0. The number of aliphatic hydroxyl groups excluding tert-OH is 1. The van der Waals surface area contributed by atoms with Gasteiger partial charge in [0.25, 0.3) is 0 Å². The minimum absolute atomic E-state index is 0.141. The van der Waals surface area contributed by atoms with Crippen molar-refractivity contribution in [3.05, 3.63) is 70.3 Å². The lowest BCUT2D eigenvalue weighted by Gasteiger charge is -2.22. The van der Waals surface area contributed by atoms with E-state index in [0.717, 1.165) is 11.1 Å². The standard InChI is InChI=1S/C24H32O3/c1-15(2)19-12-20(16(3)4)23(21(13-19)17(5)6)24(26)27-14-22(25)18-10-8-7-9-11-18/h7-13,15-17,22,25H,14H2,1-6H3/i14D/t14-,22?/m1/s1. The highest BCUT2D eigenvalue weighted by Gasteiger charge is 2.24. The average Bonchev–Trinajstić information content (AvgIpc) is 2.66. The molecule has 0 aliphatic carbocycles. The molecular weight excluding hydrogens is 336 g/mol. The molecule has 0 saturated carbocycles. The van der Waals surface area contributed by atoms with Gasteiger partial charge in [0.05, 0.1) is 6.93 Å². The van der Waals surface area contributed by atoms with E-state index in [-0.39, 0.29) is 11.8 Å². The van der Waals surface area contributed by atoms with Crippen LogP contribution in [0.2, 0.25) is 0 Å². The van der Waals surface area contributed by atoms with Crippen LogP contribution in [0.1, 0.15) is 99.4 Å². The van der Waals surface area contributed by atoms with Gasteiger partial charge in [-0.25, -0.2) is 4.79 Å². The second-order valence-electron chi connectivity index (χ2n) is 7.94. The van der Waals surface area contributed by atoms with E-state index in [4.69, 9.17) is 6.11 Å². The molecule has 1 unspecified atom stereocenters. The van der Waals surface area contributed by atoms with Gasteiger partial charge in [-0.15, -0.1) is 0 Å². The Balaban J connectivity index is 2.40. The van der Waals surface area contributed by atoms with Gasteiger partial charge in [0, 0.05) is 0 Å². The van der Waals surface area contributed by atoms with Crippen LogP contribution in [0.5, 0.6) is 0 Å². The Morgan fingerprint density at radius 2 is 1.44 bits per heavy atom. The lowest BCUT2D eigenvalue weighted by atomic mass is 9.84. The predicted octanol–water partition coefficient (Wildman–Crippen LogP) is 5.95. The fraction of sp³-hybridized carbons (Fsp3) is 0.458. The minimum Gasteiger partial charge on any atom is -0.459 e. The van der Waals surface area contributed by atoms with Crippen LogP contribution in [-0.2, 0) is 4.74 Å². The van der Waals surface area contributed by atoms with Crippen molar-refractivity contribution in [1.82, 2.24) is 0 Å². The van der Waals surface area contributed by atoms with Crippen molar-refractivity contribution in [3.8, 4) is 0 Å². The van der Waals surface area contributed by atoms with Gasteiger partial charge in [-0.1, -0.05) is 84.0 Å². The normalized spacial score (nSPS) is 14.4. The molecule has 0 aliphatic heterocycles. The van der Waals surface area contributed by atoms with Gasteiger partial charge in [-0.05, 0) is 40.0 Å². The van der Waals surface area contributed by atoms with Crippen molar-refractivity contribution in [2.75, 3.05) is 6.58 Å². The first-order valence-electron chi connectivity index (χ1n) is 10.2. The molecule has 0 aromatic heterocycles. The Bertz CT molecular complexity index is 768. The molecule has 27 heavy (non-hydrogen) atoms. The van der Waals surface area contributed by atoms with Crippen molar-refractivity contribution in [3.63, 3.8) is 0 Å². The van der Waals surface area contributed by atoms with Gasteiger partial charge in [-0.2, -0.15) is 0 Å². The number of carbonyl (C=O) groups excluding carboxylic acids is 1. The van der Waals surface area contributed by atoms with Crippen molar-refractivity contribution in [2.45, 2.75) is 65.4 Å². The van der Waals surface area contributed by atoms with E-state index >= 15 is 0 Å². The summed E-state index contributed by atoms with van der Waals surface area (Å²) in [6, 6.07) is 13.0. The van der Waals surface area contributed by atoms with E-state index in [9.17, 15) is 9.90 Å². The second kappa shape index (κ2) is 9.18. The number of carbonyl (C=O) groups is 1. The van der Waals surface area contributed by atoms with Crippen LogP contribution in [-0.4, -0.2) is 17.7 Å². The van der Waals surface area contributed by atoms with Crippen LogP contribution in [0, 0.1) is 0 Å². The topological polar surface area (TPSA) is 46.5 Å². The number of hydrogen-bond acceptors (Lipinski definition) is 3. The smallest absolute Gasteiger partial charge is 0.338 e. The molecule has 3 heteroatoms. The molecule has 146 valence electrons. The first kappa shape index (κ1) is 19.6. The molecule has 0 bridgehead atoms. The molecule has 3 nitrogen and oxygen atoms in total. The summed E-state index contributed by atoms with van der Waals surface area (Å²) in [5.41, 5.74) is 4.14. The minimum atomic E-state index is -1.39. The summed E-state index contributed by atoms with van der Waals surface area (Å²) in [4.78, 5) is 13.1.